The van der Waals surface area contributed by atoms with Gasteiger partial charge in [-0.3, -0.25) is 9.69 Å². The Hall–Kier alpha value is -3.07. The average molecular weight is 413 g/mol. The van der Waals surface area contributed by atoms with E-state index in [9.17, 15) is 9.90 Å². The van der Waals surface area contributed by atoms with Crippen LogP contribution in [0.5, 0.6) is 11.5 Å². The Morgan fingerprint density at radius 1 is 1.23 bits per heavy atom. The van der Waals surface area contributed by atoms with Crippen LogP contribution in [0.15, 0.2) is 35.8 Å². The van der Waals surface area contributed by atoms with Crippen LogP contribution in [0, 0.1) is 0 Å². The molecule has 2 aliphatic heterocycles. The molecule has 2 aliphatic rings. The van der Waals surface area contributed by atoms with Crippen molar-refractivity contribution in [2.75, 3.05) is 20.8 Å². The smallest absolute Gasteiger partial charge is 0.279 e. The molecule has 0 saturated carbocycles. The standard InChI is InChI=1S/C21H27N5O4/c1-24-19(27)20(28)26-13-15-16(23-21(24)26)7-8-17(18(15)29-2)30-12-6-4-3-5-10-25-11-9-22-14-25/h7-9,11,14,20,28H,3-6,10,12-13H2,1-2H3. The maximum Gasteiger partial charge on any atom is 0.279 e. The van der Waals surface area contributed by atoms with E-state index in [1.54, 1.807) is 25.3 Å². The number of carbonyl (C=O) groups excluding carboxylic acids is 1. The molecule has 3 heterocycles. The molecule has 1 aromatic carbocycles. The molecule has 30 heavy (non-hydrogen) atoms. The van der Waals surface area contributed by atoms with Crippen molar-refractivity contribution in [3.05, 3.63) is 36.4 Å². The predicted octanol–water partition coefficient (Wildman–Crippen LogP) is 2.12. The summed E-state index contributed by atoms with van der Waals surface area (Å²) in [5.74, 6) is 1.32. The van der Waals surface area contributed by atoms with Gasteiger partial charge in [-0.2, -0.15) is 0 Å². The molecule has 160 valence electrons. The summed E-state index contributed by atoms with van der Waals surface area (Å²) in [4.78, 5) is 23.6. The summed E-state index contributed by atoms with van der Waals surface area (Å²) in [6.45, 7) is 1.92. The molecule has 4 rings (SSSR count). The second-order valence-electron chi connectivity index (χ2n) is 7.47. The van der Waals surface area contributed by atoms with Crippen LogP contribution < -0.4 is 9.47 Å². The first-order valence-electron chi connectivity index (χ1n) is 10.2. The van der Waals surface area contributed by atoms with Crippen LogP contribution in [0.4, 0.5) is 5.69 Å². The molecule has 1 atom stereocenters. The lowest BCUT2D eigenvalue weighted by atomic mass is 10.1. The second kappa shape index (κ2) is 8.74. The van der Waals surface area contributed by atoms with E-state index in [0.717, 1.165) is 43.5 Å². The number of imidazole rings is 1. The van der Waals surface area contributed by atoms with Gasteiger partial charge in [0.25, 0.3) is 5.91 Å². The quantitative estimate of drug-likeness (QED) is 0.633. The summed E-state index contributed by atoms with van der Waals surface area (Å²) in [5, 5.41) is 10.2. The molecule has 1 fully saturated rings. The molecule has 0 aliphatic carbocycles. The van der Waals surface area contributed by atoms with Gasteiger partial charge in [0.1, 0.15) is 0 Å². The van der Waals surface area contributed by atoms with Gasteiger partial charge >= 0.3 is 0 Å². The zero-order chi connectivity index (χ0) is 21.1. The fraction of sp³-hybridized carbons (Fsp3) is 0.476. The van der Waals surface area contributed by atoms with E-state index >= 15 is 0 Å². The summed E-state index contributed by atoms with van der Waals surface area (Å²) in [5.41, 5.74) is 1.53. The Kier molecular flexibility index (Phi) is 5.89. The minimum Gasteiger partial charge on any atom is -0.492 e. The number of nitrogens with zero attached hydrogens (tertiary/aromatic N) is 5. The van der Waals surface area contributed by atoms with Gasteiger partial charge in [0.2, 0.25) is 12.2 Å². The first-order valence-corrected chi connectivity index (χ1v) is 10.2. The van der Waals surface area contributed by atoms with Gasteiger partial charge in [0.05, 0.1) is 32.3 Å². The fourth-order valence-corrected chi connectivity index (χ4v) is 3.82. The lowest BCUT2D eigenvalue weighted by Crippen LogP contribution is -2.37. The molecule has 2 aromatic rings. The molecule has 0 bridgehead atoms. The normalized spacial score (nSPS) is 17.6. The molecule has 1 aromatic heterocycles. The van der Waals surface area contributed by atoms with Crippen LogP contribution in [0.2, 0.25) is 0 Å². The largest absolute Gasteiger partial charge is 0.492 e. The number of carbonyl (C=O) groups is 1. The minimum atomic E-state index is -1.22. The van der Waals surface area contributed by atoms with Gasteiger partial charge in [-0.15, -0.1) is 0 Å². The topological polar surface area (TPSA) is 92.4 Å². The van der Waals surface area contributed by atoms with Crippen molar-refractivity contribution in [2.24, 2.45) is 4.99 Å². The summed E-state index contributed by atoms with van der Waals surface area (Å²) in [6, 6.07) is 3.72. The number of hydrogen-bond acceptors (Lipinski definition) is 7. The number of aliphatic hydroxyl groups excluding tert-OH is 1. The maximum absolute atomic E-state index is 12.1. The molecule has 0 radical (unpaired) electrons. The Bertz CT molecular complexity index is 928. The number of methoxy groups -OCH3 is 1. The number of unbranched alkanes of at least 4 members (excludes halogenated alkanes) is 3. The second-order valence-corrected chi connectivity index (χ2v) is 7.47. The number of ether oxygens (including phenoxy) is 2. The van der Waals surface area contributed by atoms with Crippen LogP contribution in [0.25, 0.3) is 0 Å². The summed E-state index contributed by atoms with van der Waals surface area (Å²) in [7, 11) is 3.20. The van der Waals surface area contributed by atoms with E-state index in [1.165, 1.54) is 4.90 Å². The maximum atomic E-state index is 12.1. The molecule has 1 amide bonds. The predicted molar refractivity (Wildman–Crippen MR) is 111 cm³/mol. The highest BCUT2D eigenvalue weighted by molar-refractivity contribution is 6.06. The average Bonchev–Trinajstić information content (AvgIpc) is 3.35. The van der Waals surface area contributed by atoms with Gasteiger partial charge in [0.15, 0.2) is 11.5 Å². The highest BCUT2D eigenvalue weighted by Gasteiger charge is 2.43. The summed E-state index contributed by atoms with van der Waals surface area (Å²) < 4.78 is 13.7. The third-order valence-electron chi connectivity index (χ3n) is 5.48. The molecule has 9 nitrogen and oxygen atoms in total. The lowest BCUT2D eigenvalue weighted by Gasteiger charge is -2.28. The number of benzene rings is 1. The Morgan fingerprint density at radius 2 is 2.07 bits per heavy atom. The van der Waals surface area contributed by atoms with E-state index in [2.05, 4.69) is 14.5 Å². The third kappa shape index (κ3) is 3.85. The number of fused-ring (bicyclic) bond motifs is 2. The molecule has 0 spiro atoms. The molecular weight excluding hydrogens is 386 g/mol. The zero-order valence-electron chi connectivity index (χ0n) is 17.3. The Morgan fingerprint density at radius 3 is 2.83 bits per heavy atom. The summed E-state index contributed by atoms with van der Waals surface area (Å²) >= 11 is 0. The lowest BCUT2D eigenvalue weighted by molar-refractivity contribution is -0.136. The van der Waals surface area contributed by atoms with Crippen molar-refractivity contribution in [3.8, 4) is 11.5 Å². The zero-order valence-corrected chi connectivity index (χ0v) is 17.3. The number of aromatic nitrogens is 2. The van der Waals surface area contributed by atoms with E-state index in [1.807, 2.05) is 24.7 Å². The highest BCUT2D eigenvalue weighted by atomic mass is 16.5. The van der Waals surface area contributed by atoms with Crippen molar-refractivity contribution in [1.29, 1.82) is 0 Å². The number of aliphatic imine (C=N–C) groups is 1. The number of guanidine groups is 1. The molecule has 9 heteroatoms. The molecular formula is C21H27N5O4. The molecule has 1 saturated heterocycles. The van der Waals surface area contributed by atoms with E-state index < -0.39 is 6.23 Å². The number of amides is 1. The minimum absolute atomic E-state index is 0.333. The SMILES string of the molecule is COc1c(OCCCCCCn2ccnc2)ccc2c1CN1C(=N2)N(C)C(=O)C1O. The van der Waals surface area contributed by atoms with Gasteiger partial charge in [-0.25, -0.2) is 9.98 Å². The van der Waals surface area contributed by atoms with E-state index in [-0.39, 0.29) is 5.91 Å². The van der Waals surface area contributed by atoms with Crippen LogP contribution in [0.1, 0.15) is 31.2 Å². The van der Waals surface area contributed by atoms with Crippen LogP contribution in [-0.4, -0.2) is 63.3 Å². The first-order chi connectivity index (χ1) is 14.6. The number of hydrogen-bond donors (Lipinski definition) is 1. The van der Waals surface area contributed by atoms with Gasteiger partial charge in [-0.05, 0) is 25.0 Å². The van der Waals surface area contributed by atoms with Crippen LogP contribution >= 0.6 is 0 Å². The van der Waals surface area contributed by atoms with Gasteiger partial charge < -0.3 is 24.0 Å². The monoisotopic (exact) mass is 413 g/mol. The van der Waals surface area contributed by atoms with Gasteiger partial charge in [-0.1, -0.05) is 12.8 Å². The van der Waals surface area contributed by atoms with Crippen LogP contribution in [0.3, 0.4) is 0 Å². The number of likely N-dealkylation sites (N-methyl/N-ethyl adjacent to an activating group) is 1. The Labute approximate surface area is 175 Å². The van der Waals surface area contributed by atoms with E-state index in [4.69, 9.17) is 9.47 Å². The van der Waals surface area contributed by atoms with Crippen molar-refractivity contribution < 1.29 is 19.4 Å². The highest BCUT2D eigenvalue weighted by Crippen LogP contribution is 2.42. The number of aliphatic hydroxyl groups is 1. The van der Waals surface area contributed by atoms with E-state index in [0.29, 0.717) is 30.6 Å². The number of aryl methyl sites for hydroxylation is 1. The van der Waals surface area contributed by atoms with Crippen molar-refractivity contribution in [1.82, 2.24) is 19.4 Å². The first kappa shape index (κ1) is 20.2. The molecule has 1 N–H and O–H groups in total. The van der Waals surface area contributed by atoms with Crippen molar-refractivity contribution >= 4 is 17.6 Å². The van der Waals surface area contributed by atoms with Gasteiger partial charge in [0, 0.05) is 31.5 Å². The Balaban J connectivity index is 1.34. The fourth-order valence-electron chi connectivity index (χ4n) is 3.82. The number of rotatable bonds is 9. The third-order valence-corrected chi connectivity index (χ3v) is 5.48. The van der Waals surface area contributed by atoms with Crippen molar-refractivity contribution in [2.45, 2.75) is 45.0 Å². The summed E-state index contributed by atoms with van der Waals surface area (Å²) in [6.07, 6.45) is 8.69. The van der Waals surface area contributed by atoms with Crippen LogP contribution in [-0.2, 0) is 17.9 Å². The van der Waals surface area contributed by atoms with Crippen molar-refractivity contribution in [3.63, 3.8) is 0 Å². The molecule has 1 unspecified atom stereocenters.